The number of H-pyrrole nitrogens is 1. The van der Waals surface area contributed by atoms with Crippen molar-refractivity contribution >= 4 is 5.91 Å². The van der Waals surface area contributed by atoms with Gasteiger partial charge < -0.3 is 15.6 Å². The number of rotatable bonds is 5. The molecule has 6 heteroatoms. The minimum absolute atomic E-state index is 0.0849. The first-order chi connectivity index (χ1) is 8.81. The lowest BCUT2D eigenvalue weighted by atomic mass is 10.1. The summed E-state index contributed by atoms with van der Waals surface area (Å²) in [6, 6.07) is 0.208. The summed E-state index contributed by atoms with van der Waals surface area (Å²) in [5.41, 5.74) is 0. The van der Waals surface area contributed by atoms with Crippen LogP contribution in [-0.2, 0) is 4.79 Å². The maximum Gasteiger partial charge on any atom is 0.219 e. The predicted octanol–water partition coefficient (Wildman–Crippen LogP) is -0.118. The number of aromatic nitrogens is 2. The zero-order valence-corrected chi connectivity index (χ0v) is 10.8. The lowest BCUT2D eigenvalue weighted by Gasteiger charge is -2.33. The van der Waals surface area contributed by atoms with E-state index in [1.807, 2.05) is 6.20 Å². The molecule has 2 heterocycles. The van der Waals surface area contributed by atoms with Crippen LogP contribution in [0, 0.1) is 0 Å². The standard InChI is InChI=1S/C12H21N5O/c1-13-11(18)3-2-10(12-15-4-5-16-12)17-8-6-14-7-9-17/h4-5,10,14H,2-3,6-9H2,1H3,(H,13,18)(H,15,16). The third kappa shape index (κ3) is 3.30. The molecule has 100 valence electrons. The fraction of sp³-hybridized carbons (Fsp3) is 0.667. The van der Waals surface area contributed by atoms with E-state index in [2.05, 4.69) is 25.5 Å². The highest BCUT2D eigenvalue weighted by Crippen LogP contribution is 2.23. The summed E-state index contributed by atoms with van der Waals surface area (Å²) in [7, 11) is 1.68. The van der Waals surface area contributed by atoms with Crippen LogP contribution < -0.4 is 10.6 Å². The monoisotopic (exact) mass is 251 g/mol. The maximum atomic E-state index is 11.4. The smallest absolute Gasteiger partial charge is 0.219 e. The fourth-order valence-corrected chi connectivity index (χ4v) is 2.34. The molecule has 6 nitrogen and oxygen atoms in total. The molecule has 3 N–H and O–H groups in total. The lowest BCUT2D eigenvalue weighted by molar-refractivity contribution is -0.121. The Morgan fingerprint density at radius 1 is 1.56 bits per heavy atom. The largest absolute Gasteiger partial charge is 0.359 e. The zero-order valence-electron chi connectivity index (χ0n) is 10.8. The number of carbonyl (C=O) groups excluding carboxylic acids is 1. The lowest BCUT2D eigenvalue weighted by Crippen LogP contribution is -2.45. The quantitative estimate of drug-likeness (QED) is 0.682. The number of hydrogen-bond acceptors (Lipinski definition) is 4. The van der Waals surface area contributed by atoms with E-state index in [0.29, 0.717) is 6.42 Å². The second-order valence-electron chi connectivity index (χ2n) is 4.49. The highest BCUT2D eigenvalue weighted by molar-refractivity contribution is 5.75. The summed E-state index contributed by atoms with van der Waals surface area (Å²) < 4.78 is 0. The van der Waals surface area contributed by atoms with E-state index in [-0.39, 0.29) is 11.9 Å². The molecule has 1 unspecified atom stereocenters. The first-order valence-corrected chi connectivity index (χ1v) is 6.46. The Bertz CT molecular complexity index is 359. The van der Waals surface area contributed by atoms with Gasteiger partial charge in [0, 0.05) is 52.0 Å². The molecule has 1 amide bonds. The Morgan fingerprint density at radius 2 is 2.33 bits per heavy atom. The molecule has 0 radical (unpaired) electrons. The van der Waals surface area contributed by atoms with Gasteiger partial charge in [-0.3, -0.25) is 9.69 Å². The Kier molecular flexibility index (Phi) is 4.72. The molecule has 1 atom stereocenters. The molecule has 1 aliphatic rings. The predicted molar refractivity (Wildman–Crippen MR) is 69.1 cm³/mol. The van der Waals surface area contributed by atoms with Gasteiger partial charge in [-0.25, -0.2) is 4.98 Å². The van der Waals surface area contributed by atoms with E-state index < -0.39 is 0 Å². The van der Waals surface area contributed by atoms with Crippen LogP contribution in [0.5, 0.6) is 0 Å². The number of imidazole rings is 1. The van der Waals surface area contributed by atoms with Crippen LogP contribution in [0.1, 0.15) is 24.7 Å². The highest BCUT2D eigenvalue weighted by Gasteiger charge is 2.24. The average Bonchev–Trinajstić information content (AvgIpc) is 2.94. The number of piperazine rings is 1. The fourth-order valence-electron chi connectivity index (χ4n) is 2.34. The first kappa shape index (κ1) is 13.0. The van der Waals surface area contributed by atoms with Crippen LogP contribution in [0.25, 0.3) is 0 Å². The summed E-state index contributed by atoms with van der Waals surface area (Å²) in [4.78, 5) is 21.3. The molecule has 0 aromatic carbocycles. The van der Waals surface area contributed by atoms with E-state index >= 15 is 0 Å². The van der Waals surface area contributed by atoms with Crippen molar-refractivity contribution in [2.75, 3.05) is 33.2 Å². The highest BCUT2D eigenvalue weighted by atomic mass is 16.1. The number of amides is 1. The number of nitrogens with zero attached hydrogens (tertiary/aromatic N) is 2. The Hall–Kier alpha value is -1.40. The van der Waals surface area contributed by atoms with Crippen LogP contribution in [0.2, 0.25) is 0 Å². The molecule has 1 aliphatic heterocycles. The normalized spacial score (nSPS) is 18.5. The van der Waals surface area contributed by atoms with Crippen molar-refractivity contribution in [3.63, 3.8) is 0 Å². The van der Waals surface area contributed by atoms with Crippen molar-refractivity contribution in [3.8, 4) is 0 Å². The number of nitrogens with one attached hydrogen (secondary N) is 3. The minimum Gasteiger partial charge on any atom is -0.359 e. The van der Waals surface area contributed by atoms with Crippen molar-refractivity contribution in [1.82, 2.24) is 25.5 Å². The topological polar surface area (TPSA) is 73.0 Å². The van der Waals surface area contributed by atoms with Crippen LogP contribution in [-0.4, -0.2) is 54.0 Å². The van der Waals surface area contributed by atoms with Crippen LogP contribution >= 0.6 is 0 Å². The van der Waals surface area contributed by atoms with E-state index in [9.17, 15) is 4.79 Å². The molecule has 0 bridgehead atoms. The molecular formula is C12H21N5O. The van der Waals surface area contributed by atoms with Crippen LogP contribution in [0.4, 0.5) is 0 Å². The van der Waals surface area contributed by atoms with E-state index in [1.165, 1.54) is 0 Å². The van der Waals surface area contributed by atoms with Gasteiger partial charge in [-0.05, 0) is 6.42 Å². The second kappa shape index (κ2) is 6.51. The van der Waals surface area contributed by atoms with Crippen molar-refractivity contribution in [3.05, 3.63) is 18.2 Å². The molecule has 0 saturated carbocycles. The Labute approximate surface area is 107 Å². The van der Waals surface area contributed by atoms with Gasteiger partial charge in [0.15, 0.2) is 0 Å². The SMILES string of the molecule is CNC(=O)CCC(c1ncc[nH]1)N1CCNCC1. The summed E-state index contributed by atoms with van der Waals surface area (Å²) in [6.07, 6.45) is 4.94. The molecule has 18 heavy (non-hydrogen) atoms. The van der Waals surface area contributed by atoms with Crippen molar-refractivity contribution in [2.45, 2.75) is 18.9 Å². The van der Waals surface area contributed by atoms with Gasteiger partial charge in [0.2, 0.25) is 5.91 Å². The average molecular weight is 251 g/mol. The van der Waals surface area contributed by atoms with Crippen molar-refractivity contribution in [1.29, 1.82) is 0 Å². The van der Waals surface area contributed by atoms with Gasteiger partial charge in [-0.15, -0.1) is 0 Å². The molecular weight excluding hydrogens is 230 g/mol. The number of hydrogen-bond donors (Lipinski definition) is 3. The van der Waals surface area contributed by atoms with Crippen LogP contribution in [0.15, 0.2) is 12.4 Å². The van der Waals surface area contributed by atoms with Gasteiger partial charge in [0.05, 0.1) is 6.04 Å². The van der Waals surface area contributed by atoms with Crippen molar-refractivity contribution < 1.29 is 4.79 Å². The first-order valence-electron chi connectivity index (χ1n) is 6.46. The third-order valence-corrected chi connectivity index (χ3v) is 3.35. The third-order valence-electron chi connectivity index (χ3n) is 3.35. The van der Waals surface area contributed by atoms with E-state index in [1.54, 1.807) is 13.2 Å². The van der Waals surface area contributed by atoms with Gasteiger partial charge >= 0.3 is 0 Å². The molecule has 2 rings (SSSR count). The molecule has 1 aromatic heterocycles. The number of aromatic amines is 1. The van der Waals surface area contributed by atoms with Gasteiger partial charge in [0.1, 0.15) is 5.82 Å². The molecule has 0 aliphatic carbocycles. The summed E-state index contributed by atoms with van der Waals surface area (Å²) in [5, 5.41) is 6.01. The Balaban J connectivity index is 2.00. The minimum atomic E-state index is 0.0849. The van der Waals surface area contributed by atoms with Crippen LogP contribution in [0.3, 0.4) is 0 Å². The van der Waals surface area contributed by atoms with Gasteiger partial charge in [-0.2, -0.15) is 0 Å². The Morgan fingerprint density at radius 3 is 2.94 bits per heavy atom. The molecule has 0 spiro atoms. The zero-order chi connectivity index (χ0) is 12.8. The summed E-state index contributed by atoms with van der Waals surface area (Å²) in [6.45, 7) is 3.99. The van der Waals surface area contributed by atoms with E-state index in [4.69, 9.17) is 0 Å². The van der Waals surface area contributed by atoms with E-state index in [0.717, 1.165) is 38.4 Å². The summed E-state index contributed by atoms with van der Waals surface area (Å²) >= 11 is 0. The molecule has 1 saturated heterocycles. The number of carbonyl (C=O) groups is 1. The van der Waals surface area contributed by atoms with Gasteiger partial charge in [-0.1, -0.05) is 0 Å². The maximum absolute atomic E-state index is 11.4. The molecule has 1 fully saturated rings. The van der Waals surface area contributed by atoms with Crippen molar-refractivity contribution in [2.24, 2.45) is 0 Å². The second-order valence-corrected chi connectivity index (χ2v) is 4.49. The molecule has 1 aromatic rings. The summed E-state index contributed by atoms with van der Waals surface area (Å²) in [5.74, 6) is 1.04. The van der Waals surface area contributed by atoms with Gasteiger partial charge in [0.25, 0.3) is 0 Å².